The van der Waals surface area contributed by atoms with Crippen molar-refractivity contribution in [3.05, 3.63) is 71.8 Å². The largest absolute Gasteiger partial charge is 0.458 e. The molecule has 0 saturated heterocycles. The van der Waals surface area contributed by atoms with Crippen molar-refractivity contribution in [2.45, 2.75) is 78.2 Å². The Bertz CT molecular complexity index is 1460. The molecule has 3 aromatic carbocycles. The molecule has 4 aliphatic carbocycles. The Morgan fingerprint density at radius 2 is 1.54 bits per heavy atom. The summed E-state index contributed by atoms with van der Waals surface area (Å²) in [6.07, 6.45) is 11.1. The number of ketones is 1. The van der Waals surface area contributed by atoms with Crippen molar-refractivity contribution in [2.24, 2.45) is 34.5 Å². The van der Waals surface area contributed by atoms with Gasteiger partial charge in [-0.2, -0.15) is 0 Å². The lowest BCUT2D eigenvalue weighted by Crippen LogP contribution is -2.51. The van der Waals surface area contributed by atoms with Crippen molar-refractivity contribution in [3.8, 4) is 0 Å². The molecule has 3 saturated carbocycles. The topological polar surface area (TPSA) is 43.4 Å². The van der Waals surface area contributed by atoms with Crippen LogP contribution < -0.4 is 0 Å². The second-order valence-corrected chi connectivity index (χ2v) is 13.5. The van der Waals surface area contributed by atoms with Crippen molar-refractivity contribution in [1.82, 2.24) is 0 Å². The Kier molecular flexibility index (Phi) is 5.81. The lowest BCUT2D eigenvalue weighted by atomic mass is 9.47. The van der Waals surface area contributed by atoms with E-state index in [1.54, 1.807) is 0 Å². The molecule has 3 heteroatoms. The van der Waals surface area contributed by atoms with Crippen LogP contribution >= 0.6 is 0 Å². The number of esters is 1. The SMILES string of the molecule is CC(=O)[C@H]1CC[C@H]2[C@@H]3CC=C4CC(OC(=O)c5c6ccccc6cc6ccccc56)CC[C@]4(C)[C@H]3CC[C@]12C. The second-order valence-electron chi connectivity index (χ2n) is 13.5. The molecule has 202 valence electrons. The summed E-state index contributed by atoms with van der Waals surface area (Å²) in [5.74, 6) is 2.48. The Morgan fingerprint density at radius 3 is 2.23 bits per heavy atom. The fraction of sp³-hybridized carbons (Fsp3) is 0.500. The predicted octanol–water partition coefficient (Wildman–Crippen LogP) is 8.69. The highest BCUT2D eigenvalue weighted by Gasteiger charge is 2.59. The molecule has 1 unspecified atom stereocenters. The zero-order chi connectivity index (χ0) is 26.9. The molecule has 3 nitrogen and oxygen atoms in total. The number of Topliss-reactive ketones (excluding diaryl/α,β-unsaturated/α-hetero) is 1. The normalized spacial score (nSPS) is 35.6. The third kappa shape index (κ3) is 3.75. The van der Waals surface area contributed by atoms with Crippen molar-refractivity contribution < 1.29 is 14.3 Å². The summed E-state index contributed by atoms with van der Waals surface area (Å²) >= 11 is 0. The van der Waals surface area contributed by atoms with E-state index >= 15 is 0 Å². The van der Waals surface area contributed by atoms with Gasteiger partial charge in [0.05, 0.1) is 5.56 Å². The fourth-order valence-corrected chi connectivity index (χ4v) is 9.84. The molecule has 0 aromatic heterocycles. The molecular weight excluding hydrogens is 480 g/mol. The van der Waals surface area contributed by atoms with Gasteiger partial charge in [0.1, 0.15) is 11.9 Å². The van der Waals surface area contributed by atoms with E-state index in [-0.39, 0.29) is 28.8 Å². The van der Waals surface area contributed by atoms with Gasteiger partial charge in [0.2, 0.25) is 0 Å². The van der Waals surface area contributed by atoms with Crippen LogP contribution in [0, 0.1) is 34.5 Å². The maximum absolute atomic E-state index is 13.8. The molecule has 0 heterocycles. The van der Waals surface area contributed by atoms with E-state index in [9.17, 15) is 9.59 Å². The van der Waals surface area contributed by atoms with Crippen LogP contribution in [-0.2, 0) is 9.53 Å². The molecular formula is C36H40O3. The van der Waals surface area contributed by atoms with E-state index in [1.807, 2.05) is 43.3 Å². The standard InChI is InChI=1S/C36H40O3/c1-22(37)30-14-15-31-29-13-12-25-21-26(16-18-35(25,2)32(29)17-19-36(30,31)3)39-34(38)33-27-10-6-4-8-23(27)20-24-9-5-7-11-28(24)33/h4-12,20,26,29-32H,13-19,21H2,1-3H3/t26?,29-,30+,31-,32-,35-,36+/m0/s1. The third-order valence-electron chi connectivity index (χ3n) is 11.8. The minimum absolute atomic E-state index is 0.0754. The zero-order valence-electron chi connectivity index (χ0n) is 23.5. The zero-order valence-corrected chi connectivity index (χ0v) is 23.5. The highest BCUT2D eigenvalue weighted by molar-refractivity contribution is 6.16. The van der Waals surface area contributed by atoms with Crippen LogP contribution in [0.4, 0.5) is 0 Å². The van der Waals surface area contributed by atoms with Gasteiger partial charge in [0, 0.05) is 12.3 Å². The Balaban J connectivity index is 1.14. The monoisotopic (exact) mass is 520 g/mol. The lowest BCUT2D eigenvalue weighted by molar-refractivity contribution is -0.127. The molecule has 0 amide bonds. The van der Waals surface area contributed by atoms with Gasteiger partial charge in [0.25, 0.3) is 0 Å². The van der Waals surface area contributed by atoms with Crippen LogP contribution in [-0.4, -0.2) is 17.9 Å². The Morgan fingerprint density at radius 1 is 0.846 bits per heavy atom. The number of fused-ring (bicyclic) bond motifs is 7. The van der Waals surface area contributed by atoms with Crippen molar-refractivity contribution in [2.75, 3.05) is 0 Å². The molecule has 0 N–H and O–H groups in total. The fourth-order valence-electron chi connectivity index (χ4n) is 9.84. The van der Waals surface area contributed by atoms with E-state index < -0.39 is 0 Å². The molecule has 39 heavy (non-hydrogen) atoms. The summed E-state index contributed by atoms with van der Waals surface area (Å²) in [5, 5.41) is 4.08. The summed E-state index contributed by atoms with van der Waals surface area (Å²) in [6, 6.07) is 18.4. The summed E-state index contributed by atoms with van der Waals surface area (Å²) in [5.41, 5.74) is 2.58. The van der Waals surface area contributed by atoms with Crippen LogP contribution in [0.15, 0.2) is 66.2 Å². The van der Waals surface area contributed by atoms with Crippen LogP contribution in [0.3, 0.4) is 0 Å². The summed E-state index contributed by atoms with van der Waals surface area (Å²) in [6.45, 7) is 6.72. The molecule has 7 atom stereocenters. The van der Waals surface area contributed by atoms with Gasteiger partial charge in [-0.3, -0.25) is 4.79 Å². The van der Waals surface area contributed by atoms with Gasteiger partial charge >= 0.3 is 5.97 Å². The number of allylic oxidation sites excluding steroid dienone is 1. The van der Waals surface area contributed by atoms with Gasteiger partial charge in [0.15, 0.2) is 0 Å². The van der Waals surface area contributed by atoms with E-state index in [1.165, 1.54) is 24.8 Å². The first kappa shape index (κ1) is 25.1. The molecule has 3 fully saturated rings. The van der Waals surface area contributed by atoms with E-state index in [2.05, 4.69) is 38.1 Å². The Labute approximate surface area is 232 Å². The van der Waals surface area contributed by atoms with Crippen LogP contribution in [0.25, 0.3) is 21.5 Å². The van der Waals surface area contributed by atoms with Crippen molar-refractivity contribution in [3.63, 3.8) is 0 Å². The minimum atomic E-state index is -0.194. The summed E-state index contributed by atoms with van der Waals surface area (Å²) in [4.78, 5) is 26.3. The predicted molar refractivity (Wildman–Crippen MR) is 157 cm³/mol. The molecule has 0 aliphatic heterocycles. The Hall–Kier alpha value is -2.94. The van der Waals surface area contributed by atoms with Gasteiger partial charge < -0.3 is 4.74 Å². The first-order valence-corrected chi connectivity index (χ1v) is 15.1. The lowest BCUT2D eigenvalue weighted by Gasteiger charge is -2.58. The highest BCUT2D eigenvalue weighted by Crippen LogP contribution is 2.66. The summed E-state index contributed by atoms with van der Waals surface area (Å²) < 4.78 is 6.33. The van der Waals surface area contributed by atoms with Crippen LogP contribution in [0.5, 0.6) is 0 Å². The number of hydrogen-bond donors (Lipinski definition) is 0. The molecule has 0 bridgehead atoms. The van der Waals surface area contributed by atoms with E-state index in [0.29, 0.717) is 29.1 Å². The van der Waals surface area contributed by atoms with Crippen molar-refractivity contribution in [1.29, 1.82) is 0 Å². The van der Waals surface area contributed by atoms with E-state index in [4.69, 9.17) is 4.74 Å². The van der Waals surface area contributed by atoms with Gasteiger partial charge in [-0.05, 0) is 108 Å². The quantitative estimate of drug-likeness (QED) is 0.197. The smallest absolute Gasteiger partial charge is 0.339 e. The number of carbonyl (C=O) groups is 2. The highest BCUT2D eigenvalue weighted by atomic mass is 16.5. The molecule has 0 radical (unpaired) electrons. The van der Waals surface area contributed by atoms with E-state index in [0.717, 1.165) is 53.6 Å². The molecule has 7 rings (SSSR count). The number of benzene rings is 3. The van der Waals surface area contributed by atoms with Gasteiger partial charge in [-0.1, -0.05) is 74.0 Å². The summed E-state index contributed by atoms with van der Waals surface area (Å²) in [7, 11) is 0. The molecule has 3 aromatic rings. The third-order valence-corrected chi connectivity index (χ3v) is 11.8. The van der Waals surface area contributed by atoms with Crippen molar-refractivity contribution >= 4 is 33.3 Å². The molecule has 4 aliphatic rings. The molecule has 0 spiro atoms. The average Bonchev–Trinajstić information content (AvgIpc) is 3.29. The maximum Gasteiger partial charge on any atom is 0.339 e. The van der Waals surface area contributed by atoms with Gasteiger partial charge in [-0.25, -0.2) is 4.79 Å². The van der Waals surface area contributed by atoms with Crippen LogP contribution in [0.2, 0.25) is 0 Å². The van der Waals surface area contributed by atoms with Gasteiger partial charge in [-0.15, -0.1) is 0 Å². The average molecular weight is 521 g/mol. The number of carbonyl (C=O) groups excluding carboxylic acids is 2. The first-order valence-electron chi connectivity index (χ1n) is 15.1. The number of hydrogen-bond acceptors (Lipinski definition) is 3. The second kappa shape index (κ2) is 9.04. The first-order chi connectivity index (χ1) is 18.8. The minimum Gasteiger partial charge on any atom is -0.458 e. The number of rotatable bonds is 3. The maximum atomic E-state index is 13.8. The number of ether oxygens (including phenoxy) is 1. The van der Waals surface area contributed by atoms with Crippen LogP contribution in [0.1, 0.15) is 82.5 Å².